The van der Waals surface area contributed by atoms with Gasteiger partial charge in [-0.2, -0.15) is 0 Å². The summed E-state index contributed by atoms with van der Waals surface area (Å²) in [5.41, 5.74) is -0.450. The van der Waals surface area contributed by atoms with Crippen molar-refractivity contribution >= 4 is 5.97 Å². The second-order valence-corrected chi connectivity index (χ2v) is 6.06. The fraction of sp³-hybridized carbons (Fsp3) is 0.933. The molecule has 2 N–H and O–H groups in total. The number of carbonyl (C=O) groups excluding carboxylic acids is 1. The molecule has 0 bridgehead atoms. The van der Waals surface area contributed by atoms with Crippen molar-refractivity contribution in [3.8, 4) is 0 Å². The normalized spacial score (nSPS) is 13.3. The minimum atomic E-state index is -0.450. The van der Waals surface area contributed by atoms with Crippen LogP contribution in [0.4, 0.5) is 0 Å². The summed E-state index contributed by atoms with van der Waals surface area (Å²) in [6.45, 7) is 5.79. The van der Waals surface area contributed by atoms with Crippen molar-refractivity contribution in [1.29, 1.82) is 0 Å². The molecule has 4 heteroatoms. The van der Waals surface area contributed by atoms with Gasteiger partial charge in [-0.1, -0.05) is 25.7 Å². The molecule has 114 valence electrons. The average molecular weight is 274 g/mol. The summed E-state index contributed by atoms with van der Waals surface area (Å²) in [6, 6.07) is 0. The zero-order valence-corrected chi connectivity index (χ0v) is 12.7. The topological polar surface area (TPSA) is 66.8 Å². The third-order valence-corrected chi connectivity index (χ3v) is 2.80. The molecule has 0 aromatic heterocycles. The largest absolute Gasteiger partial charge is 0.460 e. The van der Waals surface area contributed by atoms with Gasteiger partial charge in [-0.15, -0.1) is 0 Å². The number of rotatable bonds is 10. The van der Waals surface area contributed by atoms with Gasteiger partial charge < -0.3 is 14.9 Å². The Kier molecular flexibility index (Phi) is 9.88. The highest BCUT2D eigenvalue weighted by atomic mass is 16.6. The van der Waals surface area contributed by atoms with Crippen LogP contribution in [0.1, 0.15) is 72.1 Å². The first kappa shape index (κ1) is 18.4. The molecule has 0 aromatic rings. The molecule has 0 amide bonds. The molecule has 0 aliphatic heterocycles. The predicted molar refractivity (Wildman–Crippen MR) is 75.9 cm³/mol. The van der Waals surface area contributed by atoms with Crippen molar-refractivity contribution in [1.82, 2.24) is 0 Å². The summed E-state index contributed by atoms with van der Waals surface area (Å²) in [7, 11) is 0. The van der Waals surface area contributed by atoms with Crippen LogP contribution in [-0.2, 0) is 9.53 Å². The molecule has 4 nitrogen and oxygen atoms in total. The number of unbranched alkanes of at least 4 members (excludes halogenated alkanes) is 4. The Morgan fingerprint density at radius 2 is 1.63 bits per heavy atom. The molecule has 0 heterocycles. The number of aliphatic hydroxyl groups excluding tert-OH is 2. The lowest BCUT2D eigenvalue weighted by molar-refractivity contribution is -0.155. The van der Waals surface area contributed by atoms with Crippen LogP contribution in [0.2, 0.25) is 0 Å². The first-order valence-corrected chi connectivity index (χ1v) is 7.36. The van der Waals surface area contributed by atoms with Gasteiger partial charge in [0.2, 0.25) is 0 Å². The average Bonchev–Trinajstić information content (AvgIpc) is 2.29. The maximum atomic E-state index is 11.5. The predicted octanol–water partition coefficient (Wildman–Crippen LogP) is 2.80. The van der Waals surface area contributed by atoms with Crippen molar-refractivity contribution < 1.29 is 19.7 Å². The quantitative estimate of drug-likeness (QED) is 0.475. The smallest absolute Gasteiger partial charge is 0.306 e. The second-order valence-electron chi connectivity index (χ2n) is 6.06. The van der Waals surface area contributed by atoms with Crippen LogP contribution in [0.15, 0.2) is 0 Å². The van der Waals surface area contributed by atoms with Crippen LogP contribution in [-0.4, -0.2) is 34.5 Å². The highest BCUT2D eigenvalue weighted by Crippen LogP contribution is 2.13. The number of esters is 1. The Hall–Kier alpha value is -0.610. The number of hydrogen-bond acceptors (Lipinski definition) is 4. The van der Waals surface area contributed by atoms with Crippen molar-refractivity contribution in [2.75, 3.05) is 6.61 Å². The van der Waals surface area contributed by atoms with E-state index < -0.39 is 11.7 Å². The molecule has 0 aliphatic rings. The Labute approximate surface area is 117 Å². The first-order chi connectivity index (χ1) is 8.85. The van der Waals surface area contributed by atoms with Gasteiger partial charge in [0.1, 0.15) is 5.60 Å². The highest BCUT2D eigenvalue weighted by molar-refractivity contribution is 5.69. The first-order valence-electron chi connectivity index (χ1n) is 7.36. The molecule has 1 unspecified atom stereocenters. The summed E-state index contributed by atoms with van der Waals surface area (Å²) in [6.07, 6.45) is 6.14. The van der Waals surface area contributed by atoms with Gasteiger partial charge in [-0.25, -0.2) is 0 Å². The van der Waals surface area contributed by atoms with E-state index in [9.17, 15) is 9.90 Å². The zero-order chi connectivity index (χ0) is 14.7. The molecule has 1 atom stereocenters. The fourth-order valence-corrected chi connectivity index (χ4v) is 1.84. The molecule has 0 fully saturated rings. The third kappa shape index (κ3) is 13.6. The maximum absolute atomic E-state index is 11.5. The van der Waals surface area contributed by atoms with Gasteiger partial charge in [-0.05, 0) is 40.0 Å². The summed E-state index contributed by atoms with van der Waals surface area (Å²) >= 11 is 0. The second kappa shape index (κ2) is 10.2. The molecule has 0 radical (unpaired) electrons. The van der Waals surface area contributed by atoms with E-state index in [1.807, 2.05) is 20.8 Å². The van der Waals surface area contributed by atoms with Gasteiger partial charge in [0, 0.05) is 13.0 Å². The molecule has 19 heavy (non-hydrogen) atoms. The van der Waals surface area contributed by atoms with Crippen LogP contribution >= 0.6 is 0 Å². The molecule has 0 rings (SSSR count). The van der Waals surface area contributed by atoms with E-state index in [0.717, 1.165) is 38.5 Å². The maximum Gasteiger partial charge on any atom is 0.306 e. The monoisotopic (exact) mass is 274 g/mol. The minimum Gasteiger partial charge on any atom is -0.460 e. The summed E-state index contributed by atoms with van der Waals surface area (Å²) in [5.74, 6) is -0.241. The van der Waals surface area contributed by atoms with E-state index in [4.69, 9.17) is 9.84 Å². The lowest BCUT2D eigenvalue weighted by Crippen LogP contribution is -2.24. The van der Waals surface area contributed by atoms with Gasteiger partial charge in [0.15, 0.2) is 0 Å². The van der Waals surface area contributed by atoms with E-state index in [2.05, 4.69) is 0 Å². The third-order valence-electron chi connectivity index (χ3n) is 2.80. The Morgan fingerprint density at radius 1 is 1.05 bits per heavy atom. The van der Waals surface area contributed by atoms with E-state index in [1.165, 1.54) is 0 Å². The standard InChI is InChI=1S/C15H30O4/c1-15(2,3)19-14(18)11-10-13(17)9-7-5-4-6-8-12-16/h13,16-17H,4-12H2,1-3H3. The Bertz CT molecular complexity index is 233. The molecular formula is C15H30O4. The summed E-state index contributed by atoms with van der Waals surface area (Å²) in [5, 5.41) is 18.4. The van der Waals surface area contributed by atoms with Gasteiger partial charge >= 0.3 is 5.97 Å². The van der Waals surface area contributed by atoms with E-state index in [1.54, 1.807) is 0 Å². The van der Waals surface area contributed by atoms with Crippen LogP contribution in [0.25, 0.3) is 0 Å². The number of aliphatic hydroxyl groups is 2. The van der Waals surface area contributed by atoms with Crippen LogP contribution in [0.3, 0.4) is 0 Å². The van der Waals surface area contributed by atoms with Crippen molar-refractivity contribution in [3.05, 3.63) is 0 Å². The molecular weight excluding hydrogens is 244 g/mol. The van der Waals surface area contributed by atoms with Gasteiger partial charge in [0.25, 0.3) is 0 Å². The number of hydrogen-bond donors (Lipinski definition) is 2. The van der Waals surface area contributed by atoms with Crippen molar-refractivity contribution in [2.24, 2.45) is 0 Å². The van der Waals surface area contributed by atoms with Crippen molar-refractivity contribution in [2.45, 2.75) is 83.8 Å². The minimum absolute atomic E-state index is 0.241. The van der Waals surface area contributed by atoms with Crippen LogP contribution in [0, 0.1) is 0 Å². The van der Waals surface area contributed by atoms with E-state index >= 15 is 0 Å². The Morgan fingerprint density at radius 3 is 2.21 bits per heavy atom. The molecule has 0 aliphatic carbocycles. The summed E-state index contributed by atoms with van der Waals surface area (Å²) in [4.78, 5) is 11.5. The zero-order valence-electron chi connectivity index (χ0n) is 12.7. The molecule has 0 saturated heterocycles. The lowest BCUT2D eigenvalue weighted by atomic mass is 10.0. The SMILES string of the molecule is CC(C)(C)OC(=O)CCC(O)CCCCCCCO. The molecule has 0 saturated carbocycles. The van der Waals surface area contributed by atoms with Gasteiger partial charge in [-0.3, -0.25) is 4.79 Å². The molecule has 0 spiro atoms. The number of carbonyl (C=O) groups is 1. The van der Waals surface area contributed by atoms with Crippen LogP contribution in [0.5, 0.6) is 0 Å². The van der Waals surface area contributed by atoms with Crippen molar-refractivity contribution in [3.63, 3.8) is 0 Å². The van der Waals surface area contributed by atoms with E-state index in [-0.39, 0.29) is 19.0 Å². The molecule has 0 aromatic carbocycles. The fourth-order valence-electron chi connectivity index (χ4n) is 1.84. The highest BCUT2D eigenvalue weighted by Gasteiger charge is 2.17. The Balaban J connectivity index is 3.48. The summed E-state index contributed by atoms with van der Waals surface area (Å²) < 4.78 is 5.18. The number of ether oxygens (including phenoxy) is 1. The van der Waals surface area contributed by atoms with Crippen LogP contribution < -0.4 is 0 Å². The lowest BCUT2D eigenvalue weighted by Gasteiger charge is -2.20. The van der Waals surface area contributed by atoms with E-state index in [0.29, 0.717) is 6.42 Å². The van der Waals surface area contributed by atoms with Gasteiger partial charge in [0.05, 0.1) is 6.10 Å².